The van der Waals surface area contributed by atoms with Gasteiger partial charge in [-0.05, 0) is 17.7 Å². The number of hydrogen-bond donors (Lipinski definition) is 15. The van der Waals surface area contributed by atoms with Gasteiger partial charge in [0.1, 0.15) is 23.1 Å². The van der Waals surface area contributed by atoms with Crippen LogP contribution in [0.25, 0.3) is 11.1 Å². The molecule has 3 aromatic rings. The van der Waals surface area contributed by atoms with E-state index in [4.69, 9.17) is 16.3 Å². The van der Waals surface area contributed by atoms with Gasteiger partial charge in [-0.3, -0.25) is 5.32 Å². The number of rotatable bonds is 8. The number of methoxy groups -OCH3 is 1. The SMILES string of the molecule is COC(c1cccc(Cl)c1)C1(O)CC(O)(C(O)(O)Nc2c(O)c(O)c(O)c(-c3c(O)c(O)c(O)c(C(=O)O)c3O)c2O)N1. The molecule has 43 heavy (non-hydrogen) atoms. The second-order valence-electron chi connectivity index (χ2n) is 9.65. The van der Waals surface area contributed by atoms with Crippen LogP contribution in [0.1, 0.15) is 28.4 Å². The van der Waals surface area contributed by atoms with Crippen molar-refractivity contribution in [3.63, 3.8) is 0 Å². The molecule has 1 fully saturated rings. The van der Waals surface area contributed by atoms with Crippen LogP contribution in [0, 0.1) is 0 Å². The van der Waals surface area contributed by atoms with Crippen molar-refractivity contribution in [3.05, 3.63) is 40.4 Å². The zero-order chi connectivity index (χ0) is 32.4. The predicted octanol–water partition coefficient (Wildman–Crippen LogP) is 0.158. The molecule has 1 aliphatic rings. The van der Waals surface area contributed by atoms with Crippen molar-refractivity contribution in [2.24, 2.45) is 0 Å². The van der Waals surface area contributed by atoms with Gasteiger partial charge in [-0.1, -0.05) is 23.7 Å². The predicted molar refractivity (Wildman–Crippen MR) is 142 cm³/mol. The third kappa shape index (κ3) is 4.74. The van der Waals surface area contributed by atoms with Crippen LogP contribution in [0.3, 0.4) is 0 Å². The van der Waals surface area contributed by atoms with E-state index < -0.39 is 104 Å². The lowest BCUT2D eigenvalue weighted by Gasteiger charge is -2.57. The van der Waals surface area contributed by atoms with Crippen molar-refractivity contribution in [2.75, 3.05) is 12.4 Å². The highest BCUT2D eigenvalue weighted by molar-refractivity contribution is 6.30. The van der Waals surface area contributed by atoms with E-state index in [1.165, 1.54) is 31.4 Å². The summed E-state index contributed by atoms with van der Waals surface area (Å²) >= 11 is 5.98. The average Bonchev–Trinajstić information content (AvgIpc) is 2.90. The Morgan fingerprint density at radius 1 is 0.907 bits per heavy atom. The first-order valence-corrected chi connectivity index (χ1v) is 12.2. The van der Waals surface area contributed by atoms with E-state index in [1.807, 2.05) is 0 Å². The van der Waals surface area contributed by atoms with E-state index in [0.717, 1.165) is 0 Å². The van der Waals surface area contributed by atoms with Crippen LogP contribution in [-0.4, -0.2) is 96.8 Å². The van der Waals surface area contributed by atoms with E-state index in [9.17, 15) is 71.2 Å². The number of anilines is 1. The summed E-state index contributed by atoms with van der Waals surface area (Å²) in [5, 5.41) is 139. The number of carboxylic acid groups (broad SMARTS) is 1. The number of nitrogens with one attached hydrogen (secondary N) is 2. The van der Waals surface area contributed by atoms with Crippen molar-refractivity contribution in [3.8, 4) is 57.1 Å². The summed E-state index contributed by atoms with van der Waals surface area (Å²) in [6, 6.07) is 6.00. The van der Waals surface area contributed by atoms with Gasteiger partial charge in [0.2, 0.25) is 11.5 Å². The number of aromatic carboxylic acids is 1. The van der Waals surface area contributed by atoms with E-state index in [-0.39, 0.29) is 5.02 Å². The molecule has 3 aromatic carbocycles. The molecule has 0 spiro atoms. The number of phenolic OH excluding ortho intramolecular Hbond substituents is 6. The number of ether oxygens (including phenoxy) is 1. The minimum Gasteiger partial charge on any atom is -0.506 e. The second kappa shape index (κ2) is 10.3. The molecule has 1 heterocycles. The Labute approximate surface area is 244 Å². The van der Waals surface area contributed by atoms with Crippen molar-refractivity contribution in [1.82, 2.24) is 5.32 Å². The van der Waals surface area contributed by atoms with Crippen molar-refractivity contribution >= 4 is 23.3 Å². The molecule has 1 saturated heterocycles. The molecular weight excluding hydrogens is 604 g/mol. The van der Waals surface area contributed by atoms with Crippen LogP contribution in [0.4, 0.5) is 5.69 Å². The van der Waals surface area contributed by atoms with Crippen LogP contribution >= 0.6 is 11.6 Å². The summed E-state index contributed by atoms with van der Waals surface area (Å²) < 4.78 is 5.29. The zero-order valence-electron chi connectivity index (χ0n) is 21.6. The standard InChI is InChI=1S/C25H25ClN2O15/c1-43-21(7-3-2-4-8(26)5-7)23(39)6-24(40,28-23)25(41,42)27-12-14(30)10(16(32)20(36)18(12)34)9-13(29)11(22(37)38)17(33)19(35)15(9)31/h2-5,21,27-36,39-42H,6H2,1H3,(H,37,38). The van der Waals surface area contributed by atoms with E-state index in [1.54, 1.807) is 5.32 Å². The number of carbonyl (C=O) groups is 1. The monoisotopic (exact) mass is 628 g/mol. The fourth-order valence-electron chi connectivity index (χ4n) is 4.84. The third-order valence-corrected chi connectivity index (χ3v) is 7.14. The number of hydrogen-bond acceptors (Lipinski definition) is 16. The maximum Gasteiger partial charge on any atom is 0.343 e. The van der Waals surface area contributed by atoms with Gasteiger partial charge in [0.15, 0.2) is 40.2 Å². The molecule has 0 bridgehead atoms. The Bertz CT molecular complexity index is 1640. The van der Waals surface area contributed by atoms with Crippen molar-refractivity contribution in [2.45, 2.75) is 29.9 Å². The molecule has 1 aliphatic heterocycles. The Morgan fingerprint density at radius 2 is 1.44 bits per heavy atom. The molecule has 0 saturated carbocycles. The largest absolute Gasteiger partial charge is 0.506 e. The smallest absolute Gasteiger partial charge is 0.343 e. The fraction of sp³-hybridized carbons (Fsp3) is 0.240. The molecule has 17 nitrogen and oxygen atoms in total. The number of aromatic hydroxyl groups is 8. The highest BCUT2D eigenvalue weighted by atomic mass is 35.5. The van der Waals surface area contributed by atoms with Crippen molar-refractivity contribution < 1.29 is 75.9 Å². The summed E-state index contributed by atoms with van der Waals surface area (Å²) in [6.45, 7) is 0. The molecule has 15 N–H and O–H groups in total. The summed E-state index contributed by atoms with van der Waals surface area (Å²) in [6.07, 6.45) is -2.16. The summed E-state index contributed by atoms with van der Waals surface area (Å²) in [5.41, 5.74) is -10.1. The minimum atomic E-state index is -3.67. The topological polar surface area (TPSA) is 313 Å². The van der Waals surface area contributed by atoms with Gasteiger partial charge in [0, 0.05) is 18.6 Å². The van der Waals surface area contributed by atoms with Gasteiger partial charge in [0.05, 0.1) is 11.1 Å². The number of carboxylic acids is 1. The molecule has 0 radical (unpaired) electrons. The molecule has 0 amide bonds. The lowest BCUT2D eigenvalue weighted by Crippen LogP contribution is -2.83. The van der Waals surface area contributed by atoms with Crippen LogP contribution < -0.4 is 10.6 Å². The highest BCUT2D eigenvalue weighted by Gasteiger charge is 2.67. The number of phenols is 8. The third-order valence-electron chi connectivity index (χ3n) is 6.90. The Hall–Kier alpha value is -4.62. The van der Waals surface area contributed by atoms with E-state index >= 15 is 0 Å². The molecule has 3 atom stereocenters. The fourth-order valence-corrected chi connectivity index (χ4v) is 5.04. The van der Waals surface area contributed by atoms with Gasteiger partial charge in [0.25, 0.3) is 5.91 Å². The van der Waals surface area contributed by atoms with Gasteiger partial charge < -0.3 is 76.4 Å². The maximum atomic E-state index is 11.5. The van der Waals surface area contributed by atoms with Crippen LogP contribution in [0.15, 0.2) is 24.3 Å². The molecule has 0 aromatic heterocycles. The normalized spacial score (nSPS) is 20.8. The Morgan fingerprint density at radius 3 is 1.95 bits per heavy atom. The van der Waals surface area contributed by atoms with Crippen LogP contribution in [-0.2, 0) is 4.74 Å². The first-order valence-electron chi connectivity index (χ1n) is 11.8. The average molecular weight is 629 g/mol. The van der Waals surface area contributed by atoms with Gasteiger partial charge in [-0.15, -0.1) is 0 Å². The van der Waals surface area contributed by atoms with Crippen LogP contribution in [0.2, 0.25) is 5.02 Å². The van der Waals surface area contributed by atoms with Gasteiger partial charge >= 0.3 is 5.97 Å². The second-order valence-corrected chi connectivity index (χ2v) is 10.1. The van der Waals surface area contributed by atoms with Gasteiger partial charge in [-0.25, -0.2) is 4.79 Å². The van der Waals surface area contributed by atoms with E-state index in [0.29, 0.717) is 5.56 Å². The first kappa shape index (κ1) is 31.3. The maximum absolute atomic E-state index is 11.5. The van der Waals surface area contributed by atoms with Crippen LogP contribution in [0.5, 0.6) is 46.0 Å². The lowest BCUT2D eigenvalue weighted by molar-refractivity contribution is -0.361. The van der Waals surface area contributed by atoms with Gasteiger partial charge in [-0.2, -0.15) is 0 Å². The lowest BCUT2D eigenvalue weighted by atomic mass is 9.79. The molecular formula is C25H25ClN2O15. The quantitative estimate of drug-likeness (QED) is 0.0896. The Kier molecular flexibility index (Phi) is 7.49. The Balaban J connectivity index is 1.78. The first-order chi connectivity index (χ1) is 19.8. The number of halogens is 1. The highest BCUT2D eigenvalue weighted by Crippen LogP contribution is 2.61. The molecule has 18 heteroatoms. The summed E-state index contributed by atoms with van der Waals surface area (Å²) in [5.74, 6) is -18.0. The van der Waals surface area contributed by atoms with E-state index in [2.05, 4.69) is 5.32 Å². The minimum absolute atomic E-state index is 0.265. The summed E-state index contributed by atoms with van der Waals surface area (Å²) in [4.78, 5) is 11.5. The molecule has 0 aliphatic carbocycles. The molecule has 232 valence electrons. The molecule has 3 unspecified atom stereocenters. The zero-order valence-corrected chi connectivity index (χ0v) is 22.4. The number of benzene rings is 3. The molecule has 4 rings (SSSR count). The summed E-state index contributed by atoms with van der Waals surface area (Å²) in [7, 11) is 1.20. The number of aliphatic hydroxyl groups is 4. The van der Waals surface area contributed by atoms with Crippen molar-refractivity contribution in [1.29, 1.82) is 0 Å².